The average molecular weight is 249 g/mol. The smallest absolute Gasteiger partial charge is 0.269 e. The minimum atomic E-state index is -0.474. The number of halogens is 1. The summed E-state index contributed by atoms with van der Waals surface area (Å²) in [5, 5.41) is 3.87. The fourth-order valence-corrected chi connectivity index (χ4v) is 1.55. The van der Waals surface area contributed by atoms with Crippen molar-refractivity contribution in [3.8, 4) is 5.75 Å². The van der Waals surface area contributed by atoms with Gasteiger partial charge in [-0.05, 0) is 17.7 Å². The van der Waals surface area contributed by atoms with Gasteiger partial charge >= 0.3 is 0 Å². The quantitative estimate of drug-likeness (QED) is 0.881. The van der Waals surface area contributed by atoms with E-state index in [0.717, 1.165) is 0 Å². The van der Waals surface area contributed by atoms with Gasteiger partial charge in [0, 0.05) is 6.07 Å². The fraction of sp³-hybridized carbons (Fsp3) is 0.167. The monoisotopic (exact) mass is 249 g/mol. The normalized spacial score (nSPS) is 10.3. The first-order valence-electron chi connectivity index (χ1n) is 5.25. The van der Waals surface area contributed by atoms with Crippen LogP contribution in [0.4, 0.5) is 10.1 Å². The van der Waals surface area contributed by atoms with Crippen molar-refractivity contribution in [3.63, 3.8) is 0 Å². The summed E-state index contributed by atoms with van der Waals surface area (Å²) in [5.41, 5.74) is 6.02. The second-order valence-corrected chi connectivity index (χ2v) is 3.75. The van der Waals surface area contributed by atoms with Crippen molar-refractivity contribution in [2.24, 2.45) is 0 Å². The minimum Gasteiger partial charge on any atom is -0.494 e. The Morgan fingerprint density at radius 2 is 2.22 bits per heavy atom. The van der Waals surface area contributed by atoms with E-state index < -0.39 is 5.82 Å². The second kappa shape index (κ2) is 4.87. The molecule has 2 rings (SSSR count). The molecule has 5 nitrogen and oxygen atoms in total. The van der Waals surface area contributed by atoms with Gasteiger partial charge in [-0.25, -0.2) is 9.07 Å². The number of ether oxygens (including phenoxy) is 1. The molecule has 18 heavy (non-hydrogen) atoms. The van der Waals surface area contributed by atoms with Gasteiger partial charge in [0.05, 0.1) is 25.5 Å². The highest BCUT2D eigenvalue weighted by Crippen LogP contribution is 2.17. The van der Waals surface area contributed by atoms with E-state index in [4.69, 9.17) is 10.5 Å². The maximum absolute atomic E-state index is 13.5. The van der Waals surface area contributed by atoms with E-state index in [-0.39, 0.29) is 17.9 Å². The lowest BCUT2D eigenvalue weighted by molar-refractivity contribution is 0.386. The summed E-state index contributed by atoms with van der Waals surface area (Å²) in [4.78, 5) is 11.6. The third-order valence-corrected chi connectivity index (χ3v) is 2.44. The molecule has 0 aliphatic heterocycles. The SMILES string of the molecule is COc1ccc(Cn2ncc(N)cc2=O)cc1F. The molecular weight excluding hydrogens is 237 g/mol. The molecule has 0 aliphatic rings. The molecule has 1 aromatic heterocycles. The molecule has 2 N–H and O–H groups in total. The minimum absolute atomic E-state index is 0.163. The van der Waals surface area contributed by atoms with Crippen LogP contribution < -0.4 is 16.0 Å². The van der Waals surface area contributed by atoms with E-state index in [1.165, 1.54) is 36.2 Å². The van der Waals surface area contributed by atoms with Crippen LogP contribution in [0.3, 0.4) is 0 Å². The highest BCUT2D eigenvalue weighted by atomic mass is 19.1. The lowest BCUT2D eigenvalue weighted by Gasteiger charge is -2.06. The van der Waals surface area contributed by atoms with Crippen LogP contribution in [0.25, 0.3) is 0 Å². The summed E-state index contributed by atoms with van der Waals surface area (Å²) in [6.45, 7) is 0.181. The van der Waals surface area contributed by atoms with E-state index in [9.17, 15) is 9.18 Å². The topological polar surface area (TPSA) is 70.1 Å². The average Bonchev–Trinajstić information content (AvgIpc) is 2.33. The number of hydrogen-bond acceptors (Lipinski definition) is 4. The molecule has 0 atom stereocenters. The van der Waals surface area contributed by atoms with Crippen LogP contribution in [0.5, 0.6) is 5.75 Å². The van der Waals surface area contributed by atoms with Gasteiger partial charge in [0.15, 0.2) is 11.6 Å². The molecule has 2 aromatic rings. The largest absolute Gasteiger partial charge is 0.494 e. The van der Waals surface area contributed by atoms with Crippen LogP contribution in [-0.2, 0) is 6.54 Å². The predicted octanol–water partition coefficient (Wildman–Crippen LogP) is 1.02. The zero-order chi connectivity index (χ0) is 13.1. The van der Waals surface area contributed by atoms with E-state index in [2.05, 4.69) is 5.10 Å². The first kappa shape index (κ1) is 12.1. The van der Waals surface area contributed by atoms with Gasteiger partial charge in [-0.2, -0.15) is 5.10 Å². The van der Waals surface area contributed by atoms with Crippen LogP contribution >= 0.6 is 0 Å². The molecule has 6 heteroatoms. The van der Waals surface area contributed by atoms with Crippen molar-refractivity contribution in [1.29, 1.82) is 0 Å². The molecule has 1 heterocycles. The maximum atomic E-state index is 13.5. The number of methoxy groups -OCH3 is 1. The van der Waals surface area contributed by atoms with Gasteiger partial charge in [-0.3, -0.25) is 4.79 Å². The first-order chi connectivity index (χ1) is 8.60. The lowest BCUT2D eigenvalue weighted by atomic mass is 10.2. The number of aromatic nitrogens is 2. The second-order valence-electron chi connectivity index (χ2n) is 3.75. The zero-order valence-electron chi connectivity index (χ0n) is 9.76. The van der Waals surface area contributed by atoms with Crippen LogP contribution in [-0.4, -0.2) is 16.9 Å². The van der Waals surface area contributed by atoms with Gasteiger partial charge in [0.2, 0.25) is 0 Å². The summed E-state index contributed by atoms with van der Waals surface area (Å²) in [6, 6.07) is 5.76. The number of rotatable bonds is 3. The maximum Gasteiger partial charge on any atom is 0.269 e. The van der Waals surface area contributed by atoms with Crippen LogP contribution in [0, 0.1) is 5.82 Å². The molecular formula is C12H12FN3O2. The summed E-state index contributed by atoms with van der Waals surface area (Å²) >= 11 is 0. The van der Waals surface area contributed by atoms with Gasteiger partial charge in [-0.15, -0.1) is 0 Å². The Bertz CT molecular complexity index is 625. The molecule has 1 aromatic carbocycles. The van der Waals surface area contributed by atoms with Crippen LogP contribution in [0.2, 0.25) is 0 Å². The van der Waals surface area contributed by atoms with Crippen molar-refractivity contribution in [2.45, 2.75) is 6.54 Å². The Morgan fingerprint density at radius 1 is 1.44 bits per heavy atom. The molecule has 0 amide bonds. The standard InChI is InChI=1S/C12H12FN3O2/c1-18-11-3-2-8(4-10(11)13)7-16-12(17)5-9(14)6-15-16/h2-6H,7,14H2,1H3. The number of nitrogens with two attached hydrogens (primary N) is 1. The number of nitrogens with zero attached hydrogens (tertiary/aromatic N) is 2. The molecule has 0 spiro atoms. The Kier molecular flexibility index (Phi) is 3.27. The van der Waals surface area contributed by atoms with Gasteiger partial charge in [0.1, 0.15) is 0 Å². The third-order valence-electron chi connectivity index (χ3n) is 2.44. The zero-order valence-corrected chi connectivity index (χ0v) is 9.76. The molecule has 0 bridgehead atoms. The summed E-state index contributed by atoms with van der Waals surface area (Å²) in [6.07, 6.45) is 1.38. The Hall–Kier alpha value is -2.37. The van der Waals surface area contributed by atoms with Gasteiger partial charge in [-0.1, -0.05) is 6.07 Å². The van der Waals surface area contributed by atoms with E-state index in [1.54, 1.807) is 6.07 Å². The molecule has 0 aliphatic carbocycles. The molecule has 0 saturated carbocycles. The number of benzene rings is 1. The van der Waals surface area contributed by atoms with Crippen molar-refractivity contribution in [1.82, 2.24) is 9.78 Å². The van der Waals surface area contributed by atoms with Crippen LogP contribution in [0.1, 0.15) is 5.56 Å². The van der Waals surface area contributed by atoms with Gasteiger partial charge in [0.25, 0.3) is 5.56 Å². The van der Waals surface area contributed by atoms with Crippen LogP contribution in [0.15, 0.2) is 35.3 Å². The Morgan fingerprint density at radius 3 is 2.83 bits per heavy atom. The van der Waals surface area contributed by atoms with Crippen molar-refractivity contribution < 1.29 is 9.13 Å². The predicted molar refractivity (Wildman–Crippen MR) is 65.0 cm³/mol. The highest BCUT2D eigenvalue weighted by Gasteiger charge is 2.05. The summed E-state index contributed by atoms with van der Waals surface area (Å²) in [7, 11) is 1.39. The van der Waals surface area contributed by atoms with E-state index in [1.807, 2.05) is 0 Å². The molecule has 94 valence electrons. The van der Waals surface area contributed by atoms with E-state index >= 15 is 0 Å². The van der Waals surface area contributed by atoms with E-state index in [0.29, 0.717) is 11.3 Å². The third kappa shape index (κ3) is 2.48. The molecule has 0 radical (unpaired) electrons. The van der Waals surface area contributed by atoms with Crippen molar-refractivity contribution in [3.05, 3.63) is 52.2 Å². The number of hydrogen-bond donors (Lipinski definition) is 1. The highest BCUT2D eigenvalue weighted by molar-refractivity contribution is 5.32. The first-order valence-corrected chi connectivity index (χ1v) is 5.25. The van der Waals surface area contributed by atoms with Gasteiger partial charge < -0.3 is 10.5 Å². The van der Waals surface area contributed by atoms with Crippen molar-refractivity contribution in [2.75, 3.05) is 12.8 Å². The van der Waals surface area contributed by atoms with Crippen molar-refractivity contribution >= 4 is 5.69 Å². The Balaban J connectivity index is 2.29. The number of anilines is 1. The molecule has 0 saturated heterocycles. The summed E-state index contributed by atoms with van der Waals surface area (Å²) < 4.78 is 19.5. The fourth-order valence-electron chi connectivity index (χ4n) is 1.55. The molecule has 0 unspecified atom stereocenters. The lowest BCUT2D eigenvalue weighted by Crippen LogP contribution is -2.22. The molecule has 0 fully saturated rings. The Labute approximate surface area is 103 Å². The summed E-state index contributed by atoms with van der Waals surface area (Å²) in [5.74, 6) is -0.310. The number of nitrogen functional groups attached to an aromatic ring is 1.